The molecule has 1 heterocycles. The molecular weight excluding hydrogens is 357 g/mol. The van der Waals surface area contributed by atoms with Crippen LogP contribution in [0.15, 0.2) is 28.5 Å². The molecule has 1 aromatic heterocycles. The van der Waals surface area contributed by atoms with Crippen molar-refractivity contribution in [3.8, 4) is 0 Å². The summed E-state index contributed by atoms with van der Waals surface area (Å²) in [7, 11) is -3.96. The first kappa shape index (κ1) is 16.1. The predicted octanol–water partition coefficient (Wildman–Crippen LogP) is 3.86. The maximum absolute atomic E-state index is 12.3. The minimum Gasteiger partial charge on any atom is -0.477 e. The summed E-state index contributed by atoms with van der Waals surface area (Å²) in [5, 5.41) is 9.28. The molecule has 0 saturated carbocycles. The molecule has 5 nitrogen and oxygen atoms in total. The summed E-state index contributed by atoms with van der Waals surface area (Å²) in [4.78, 5) is 11.0. The van der Waals surface area contributed by atoms with Crippen LogP contribution in [-0.4, -0.2) is 19.5 Å². The Bertz CT molecular complexity index is 794. The Balaban J connectivity index is 2.44. The third-order valence-electron chi connectivity index (χ3n) is 2.55. The van der Waals surface area contributed by atoms with E-state index in [9.17, 15) is 13.2 Å². The van der Waals surface area contributed by atoms with Gasteiger partial charge in [-0.15, -0.1) is 11.3 Å². The molecule has 21 heavy (non-hydrogen) atoms. The predicted molar refractivity (Wildman–Crippen MR) is 83.3 cm³/mol. The summed E-state index contributed by atoms with van der Waals surface area (Å²) in [6.45, 7) is 1.53. The Morgan fingerprint density at radius 2 is 1.86 bits per heavy atom. The molecule has 0 aliphatic rings. The van der Waals surface area contributed by atoms with Crippen molar-refractivity contribution >= 4 is 56.2 Å². The Morgan fingerprint density at radius 3 is 2.33 bits per heavy atom. The minimum absolute atomic E-state index is 0.0272. The van der Waals surface area contributed by atoms with Gasteiger partial charge >= 0.3 is 5.97 Å². The number of benzene rings is 1. The van der Waals surface area contributed by atoms with Crippen LogP contribution in [-0.2, 0) is 10.0 Å². The zero-order valence-electron chi connectivity index (χ0n) is 10.6. The molecule has 1 aromatic carbocycles. The number of sulfonamides is 1. The standard InChI is InChI=1S/C12H9Cl2NO4S2/c1-6-5-9(20-11(6)12(16)17)21(18,19)15-10-7(13)3-2-4-8(10)14/h2-5,15H,1H3,(H,16,17). The van der Waals surface area contributed by atoms with Crippen molar-refractivity contribution in [1.82, 2.24) is 0 Å². The molecule has 0 spiro atoms. The van der Waals surface area contributed by atoms with Crippen molar-refractivity contribution in [3.05, 3.63) is 44.8 Å². The lowest BCUT2D eigenvalue weighted by Crippen LogP contribution is -2.12. The van der Waals surface area contributed by atoms with Gasteiger partial charge < -0.3 is 5.11 Å². The lowest BCUT2D eigenvalue weighted by molar-refractivity contribution is 0.0701. The van der Waals surface area contributed by atoms with Gasteiger partial charge in [0.05, 0.1) is 15.7 Å². The van der Waals surface area contributed by atoms with Gasteiger partial charge in [-0.2, -0.15) is 0 Å². The summed E-state index contributed by atoms with van der Waals surface area (Å²) in [5.41, 5.74) is 0.432. The Hall–Kier alpha value is -1.28. The summed E-state index contributed by atoms with van der Waals surface area (Å²) >= 11 is 12.5. The average Bonchev–Trinajstić information content (AvgIpc) is 2.77. The van der Waals surface area contributed by atoms with Crippen LogP contribution in [0.5, 0.6) is 0 Å². The van der Waals surface area contributed by atoms with E-state index >= 15 is 0 Å². The number of hydrogen-bond donors (Lipinski definition) is 2. The SMILES string of the molecule is Cc1cc(S(=O)(=O)Nc2c(Cl)cccc2Cl)sc1C(=O)O. The van der Waals surface area contributed by atoms with Crippen LogP contribution < -0.4 is 4.72 Å². The maximum atomic E-state index is 12.3. The maximum Gasteiger partial charge on any atom is 0.346 e. The zero-order chi connectivity index (χ0) is 15.8. The first-order valence-corrected chi connectivity index (χ1v) is 8.58. The summed E-state index contributed by atoms with van der Waals surface area (Å²) < 4.78 is 26.7. The molecular formula is C12H9Cl2NO4S2. The second-order valence-electron chi connectivity index (χ2n) is 4.08. The molecule has 2 rings (SSSR count). The Morgan fingerprint density at radius 1 is 1.29 bits per heavy atom. The third-order valence-corrected chi connectivity index (χ3v) is 6.23. The smallest absolute Gasteiger partial charge is 0.346 e. The molecule has 0 atom stereocenters. The van der Waals surface area contributed by atoms with Crippen LogP contribution in [0.1, 0.15) is 15.2 Å². The molecule has 0 aliphatic heterocycles. The number of nitrogens with one attached hydrogen (secondary N) is 1. The number of carboxylic acids is 1. The lowest BCUT2D eigenvalue weighted by atomic mass is 10.3. The van der Waals surface area contributed by atoms with Crippen molar-refractivity contribution in [2.24, 2.45) is 0 Å². The number of carboxylic acid groups (broad SMARTS) is 1. The monoisotopic (exact) mass is 365 g/mol. The number of anilines is 1. The normalized spacial score (nSPS) is 11.4. The number of aromatic carboxylic acids is 1. The fraction of sp³-hybridized carbons (Fsp3) is 0.0833. The number of thiophene rings is 1. The highest BCUT2D eigenvalue weighted by Crippen LogP contribution is 2.33. The molecule has 0 bridgehead atoms. The van der Waals surface area contributed by atoms with Crippen LogP contribution in [0.25, 0.3) is 0 Å². The first-order valence-electron chi connectivity index (χ1n) is 5.53. The van der Waals surface area contributed by atoms with Gasteiger partial charge in [0.2, 0.25) is 0 Å². The summed E-state index contributed by atoms with van der Waals surface area (Å²) in [5.74, 6) is -1.17. The summed E-state index contributed by atoms with van der Waals surface area (Å²) in [6.07, 6.45) is 0. The quantitative estimate of drug-likeness (QED) is 0.861. The Labute approximate surface area is 135 Å². The second kappa shape index (κ2) is 5.84. The van der Waals surface area contributed by atoms with E-state index in [4.69, 9.17) is 28.3 Å². The number of rotatable bonds is 4. The molecule has 0 fully saturated rings. The van der Waals surface area contributed by atoms with E-state index < -0.39 is 16.0 Å². The van der Waals surface area contributed by atoms with Gasteiger partial charge in [-0.1, -0.05) is 29.3 Å². The van der Waals surface area contributed by atoms with Crippen LogP contribution in [0, 0.1) is 6.92 Å². The molecule has 0 saturated heterocycles. The molecule has 0 amide bonds. The van der Waals surface area contributed by atoms with Crippen LogP contribution in [0.3, 0.4) is 0 Å². The topological polar surface area (TPSA) is 83.5 Å². The van der Waals surface area contributed by atoms with Gasteiger partial charge in [0.25, 0.3) is 10.0 Å². The molecule has 0 unspecified atom stereocenters. The number of carbonyl (C=O) groups is 1. The molecule has 2 aromatic rings. The molecule has 0 aliphatic carbocycles. The van der Waals surface area contributed by atoms with Crippen molar-refractivity contribution in [2.75, 3.05) is 4.72 Å². The summed E-state index contributed by atoms with van der Waals surface area (Å²) in [6, 6.07) is 5.86. The molecule has 2 N–H and O–H groups in total. The Kier molecular flexibility index (Phi) is 4.48. The van der Waals surface area contributed by atoms with E-state index in [-0.39, 0.29) is 24.8 Å². The van der Waals surface area contributed by atoms with E-state index in [0.29, 0.717) is 16.9 Å². The van der Waals surface area contributed by atoms with Crippen LogP contribution >= 0.6 is 34.5 Å². The zero-order valence-corrected chi connectivity index (χ0v) is 13.7. The lowest BCUT2D eigenvalue weighted by Gasteiger charge is -2.09. The van der Waals surface area contributed by atoms with Crippen molar-refractivity contribution in [1.29, 1.82) is 0 Å². The molecule has 9 heteroatoms. The van der Waals surface area contributed by atoms with E-state index in [2.05, 4.69) is 4.72 Å². The van der Waals surface area contributed by atoms with E-state index in [1.807, 2.05) is 0 Å². The number of halogens is 2. The van der Waals surface area contributed by atoms with Gasteiger partial charge in [-0.3, -0.25) is 4.72 Å². The van der Waals surface area contributed by atoms with Crippen LogP contribution in [0.2, 0.25) is 10.0 Å². The fourth-order valence-electron chi connectivity index (χ4n) is 1.58. The van der Waals surface area contributed by atoms with E-state index in [0.717, 1.165) is 0 Å². The van der Waals surface area contributed by atoms with Gasteiger partial charge in [-0.25, -0.2) is 13.2 Å². The molecule has 0 radical (unpaired) electrons. The van der Waals surface area contributed by atoms with Gasteiger partial charge in [0.15, 0.2) is 0 Å². The number of para-hydroxylation sites is 1. The second-order valence-corrected chi connectivity index (χ2v) is 7.86. The minimum atomic E-state index is -3.96. The first-order chi connectivity index (χ1) is 9.72. The fourth-order valence-corrected chi connectivity index (χ4v) is 4.66. The number of aryl methyl sites for hydroxylation is 1. The van der Waals surface area contributed by atoms with Crippen molar-refractivity contribution < 1.29 is 18.3 Å². The van der Waals surface area contributed by atoms with Gasteiger partial charge in [0, 0.05) is 0 Å². The van der Waals surface area contributed by atoms with E-state index in [1.54, 1.807) is 6.07 Å². The highest BCUT2D eigenvalue weighted by molar-refractivity contribution is 7.94. The highest BCUT2D eigenvalue weighted by atomic mass is 35.5. The van der Waals surface area contributed by atoms with E-state index in [1.165, 1.54) is 25.1 Å². The highest BCUT2D eigenvalue weighted by Gasteiger charge is 2.23. The van der Waals surface area contributed by atoms with Crippen molar-refractivity contribution in [2.45, 2.75) is 11.1 Å². The van der Waals surface area contributed by atoms with Crippen molar-refractivity contribution in [3.63, 3.8) is 0 Å². The van der Waals surface area contributed by atoms with Gasteiger partial charge in [0.1, 0.15) is 9.09 Å². The largest absolute Gasteiger partial charge is 0.477 e. The average molecular weight is 366 g/mol. The van der Waals surface area contributed by atoms with Gasteiger partial charge in [-0.05, 0) is 30.7 Å². The molecule has 112 valence electrons. The third kappa shape index (κ3) is 3.32. The number of hydrogen-bond acceptors (Lipinski definition) is 4. The van der Waals surface area contributed by atoms with Crippen LogP contribution in [0.4, 0.5) is 5.69 Å².